The Morgan fingerprint density at radius 1 is 1.12 bits per heavy atom. The van der Waals surface area contributed by atoms with E-state index in [1.165, 1.54) is 11.0 Å². The highest BCUT2D eigenvalue weighted by atomic mass is 19.1. The van der Waals surface area contributed by atoms with Gasteiger partial charge in [-0.2, -0.15) is 0 Å². The summed E-state index contributed by atoms with van der Waals surface area (Å²) in [7, 11) is 1.60. The third-order valence-corrected chi connectivity index (χ3v) is 4.53. The van der Waals surface area contributed by atoms with E-state index in [0.717, 1.165) is 36.5 Å². The van der Waals surface area contributed by atoms with Crippen LogP contribution in [0.25, 0.3) is 0 Å². The Balaban J connectivity index is 1.61. The van der Waals surface area contributed by atoms with Gasteiger partial charge in [0.05, 0.1) is 13.7 Å². The maximum Gasteiger partial charge on any atom is 0.259 e. The fourth-order valence-electron chi connectivity index (χ4n) is 3.13. The molecular weight excluding hydrogens is 340 g/mol. The molecule has 1 amide bonds. The molecule has 0 bridgehead atoms. The topological polar surface area (TPSA) is 38.8 Å². The molecule has 0 aromatic heterocycles. The summed E-state index contributed by atoms with van der Waals surface area (Å²) in [4.78, 5) is 14.0. The third-order valence-electron chi connectivity index (χ3n) is 4.53. The quantitative estimate of drug-likeness (QED) is 0.811. The lowest BCUT2D eigenvalue weighted by Gasteiger charge is -2.32. The van der Waals surface area contributed by atoms with Crippen LogP contribution in [0.2, 0.25) is 0 Å². The summed E-state index contributed by atoms with van der Waals surface area (Å²) in [5, 5.41) is 0. The minimum Gasteiger partial charge on any atom is -0.497 e. The van der Waals surface area contributed by atoms with Crippen molar-refractivity contribution >= 4 is 5.91 Å². The molecule has 2 aromatic carbocycles. The van der Waals surface area contributed by atoms with E-state index in [2.05, 4.69) is 0 Å². The molecule has 1 heterocycles. The van der Waals surface area contributed by atoms with E-state index in [1.807, 2.05) is 24.3 Å². The Hall–Kier alpha value is -2.63. The van der Waals surface area contributed by atoms with Gasteiger partial charge in [0, 0.05) is 19.0 Å². The Bertz CT molecular complexity index is 744. The Morgan fingerprint density at radius 3 is 2.42 bits per heavy atom. The van der Waals surface area contributed by atoms with E-state index in [1.54, 1.807) is 7.11 Å². The highest BCUT2D eigenvalue weighted by Crippen LogP contribution is 2.23. The molecule has 6 heteroatoms. The number of carbonyl (C=O) groups excluding carboxylic acids is 1. The fraction of sp³-hybridized carbons (Fsp3) is 0.350. The average Bonchev–Trinajstić information content (AvgIpc) is 2.67. The van der Waals surface area contributed by atoms with Crippen molar-refractivity contribution in [2.45, 2.75) is 12.8 Å². The number of halogens is 2. The van der Waals surface area contributed by atoms with Gasteiger partial charge in [-0.25, -0.2) is 8.78 Å². The van der Waals surface area contributed by atoms with Gasteiger partial charge in [0.15, 0.2) is 0 Å². The third kappa shape index (κ3) is 4.12. The first-order valence-electron chi connectivity index (χ1n) is 8.58. The summed E-state index contributed by atoms with van der Waals surface area (Å²) in [6, 6.07) is 10.7. The van der Waals surface area contributed by atoms with Crippen LogP contribution in [-0.4, -0.2) is 37.6 Å². The van der Waals surface area contributed by atoms with Crippen LogP contribution in [0.15, 0.2) is 42.5 Å². The van der Waals surface area contributed by atoms with Crippen molar-refractivity contribution in [3.8, 4) is 11.5 Å². The number of carbonyl (C=O) groups is 1. The van der Waals surface area contributed by atoms with Crippen LogP contribution in [-0.2, 0) is 0 Å². The van der Waals surface area contributed by atoms with Gasteiger partial charge in [0.2, 0.25) is 0 Å². The van der Waals surface area contributed by atoms with Crippen LogP contribution >= 0.6 is 0 Å². The van der Waals surface area contributed by atoms with Crippen LogP contribution in [0.1, 0.15) is 23.2 Å². The summed E-state index contributed by atoms with van der Waals surface area (Å²) in [6.07, 6.45) is 1.68. The van der Waals surface area contributed by atoms with Crippen molar-refractivity contribution in [3.63, 3.8) is 0 Å². The zero-order valence-corrected chi connectivity index (χ0v) is 14.6. The van der Waals surface area contributed by atoms with E-state index in [-0.39, 0.29) is 5.92 Å². The monoisotopic (exact) mass is 361 g/mol. The molecule has 138 valence electrons. The molecule has 4 nitrogen and oxygen atoms in total. The normalized spacial score (nSPS) is 17.0. The molecule has 1 fully saturated rings. The van der Waals surface area contributed by atoms with E-state index >= 15 is 0 Å². The summed E-state index contributed by atoms with van der Waals surface area (Å²) < 4.78 is 38.6. The SMILES string of the molecule is COc1ccc(OC[C@H]2CCCN(C(=O)c3c(F)cccc3F)C2)cc1. The van der Waals surface area contributed by atoms with E-state index in [0.29, 0.717) is 19.7 Å². The lowest BCUT2D eigenvalue weighted by Crippen LogP contribution is -2.42. The molecule has 0 spiro atoms. The van der Waals surface area contributed by atoms with Gasteiger partial charge in [-0.15, -0.1) is 0 Å². The van der Waals surface area contributed by atoms with Crippen molar-refractivity contribution in [1.82, 2.24) is 4.90 Å². The first-order valence-corrected chi connectivity index (χ1v) is 8.58. The lowest BCUT2D eigenvalue weighted by molar-refractivity contribution is 0.0624. The van der Waals surface area contributed by atoms with Crippen LogP contribution < -0.4 is 9.47 Å². The standard InChI is InChI=1S/C20H21F2NO3/c1-25-15-7-9-16(10-8-15)26-13-14-4-3-11-23(12-14)20(24)19-17(21)5-2-6-18(19)22/h2,5-10,14H,3-4,11-13H2,1H3/t14-/m0/s1. The molecule has 0 N–H and O–H groups in total. The molecule has 2 aromatic rings. The predicted molar refractivity (Wildman–Crippen MR) is 93.5 cm³/mol. The van der Waals surface area contributed by atoms with Gasteiger partial charge < -0.3 is 14.4 Å². The molecule has 1 aliphatic rings. The highest BCUT2D eigenvalue weighted by Gasteiger charge is 2.28. The van der Waals surface area contributed by atoms with E-state index in [9.17, 15) is 13.6 Å². The van der Waals surface area contributed by atoms with Crippen LogP contribution in [0.4, 0.5) is 8.78 Å². The van der Waals surface area contributed by atoms with Gasteiger partial charge in [0.25, 0.3) is 5.91 Å². The number of benzene rings is 2. The second-order valence-electron chi connectivity index (χ2n) is 6.34. The summed E-state index contributed by atoms with van der Waals surface area (Å²) >= 11 is 0. The number of rotatable bonds is 5. The molecule has 0 saturated carbocycles. The van der Waals surface area contributed by atoms with Gasteiger partial charge >= 0.3 is 0 Å². The zero-order valence-electron chi connectivity index (χ0n) is 14.6. The van der Waals surface area contributed by atoms with Gasteiger partial charge in [-0.3, -0.25) is 4.79 Å². The summed E-state index contributed by atoms with van der Waals surface area (Å²) in [5.41, 5.74) is -0.482. The molecule has 0 radical (unpaired) electrons. The smallest absolute Gasteiger partial charge is 0.259 e. The van der Waals surface area contributed by atoms with Crippen LogP contribution in [0, 0.1) is 17.6 Å². The Kier molecular flexibility index (Phi) is 5.71. The number of ether oxygens (including phenoxy) is 2. The lowest BCUT2D eigenvalue weighted by atomic mass is 9.98. The van der Waals surface area contributed by atoms with Crippen molar-refractivity contribution in [1.29, 1.82) is 0 Å². The first kappa shape index (κ1) is 18.2. The molecular formula is C20H21F2NO3. The summed E-state index contributed by atoms with van der Waals surface area (Å²) in [5.74, 6) is -0.675. The first-order chi connectivity index (χ1) is 12.6. The number of piperidine rings is 1. The van der Waals surface area contributed by atoms with Gasteiger partial charge in [0.1, 0.15) is 28.7 Å². The average molecular weight is 361 g/mol. The zero-order chi connectivity index (χ0) is 18.5. The van der Waals surface area contributed by atoms with Crippen molar-refractivity contribution < 1.29 is 23.0 Å². The van der Waals surface area contributed by atoms with Crippen molar-refractivity contribution in [2.75, 3.05) is 26.8 Å². The Morgan fingerprint density at radius 2 is 1.77 bits per heavy atom. The molecule has 3 rings (SSSR count). The predicted octanol–water partition coefficient (Wildman–Crippen LogP) is 3.90. The number of hydrogen-bond acceptors (Lipinski definition) is 3. The maximum absolute atomic E-state index is 13.9. The van der Waals surface area contributed by atoms with Crippen molar-refractivity contribution in [2.24, 2.45) is 5.92 Å². The molecule has 26 heavy (non-hydrogen) atoms. The minimum atomic E-state index is -0.827. The van der Waals surface area contributed by atoms with E-state index < -0.39 is 23.1 Å². The van der Waals surface area contributed by atoms with Crippen LogP contribution in [0.5, 0.6) is 11.5 Å². The number of hydrogen-bond donors (Lipinski definition) is 0. The second-order valence-corrected chi connectivity index (χ2v) is 6.34. The van der Waals surface area contributed by atoms with Crippen molar-refractivity contribution in [3.05, 3.63) is 59.7 Å². The second kappa shape index (κ2) is 8.17. The number of amides is 1. The minimum absolute atomic E-state index is 0.115. The number of likely N-dealkylation sites (tertiary alicyclic amines) is 1. The van der Waals surface area contributed by atoms with Gasteiger partial charge in [-0.05, 0) is 49.2 Å². The molecule has 1 atom stereocenters. The molecule has 1 saturated heterocycles. The fourth-order valence-corrected chi connectivity index (χ4v) is 3.13. The maximum atomic E-state index is 13.9. The van der Waals surface area contributed by atoms with Gasteiger partial charge in [-0.1, -0.05) is 6.07 Å². The molecule has 0 unspecified atom stereocenters. The molecule has 0 aliphatic carbocycles. The van der Waals surface area contributed by atoms with Crippen LogP contribution in [0.3, 0.4) is 0 Å². The summed E-state index contributed by atoms with van der Waals surface area (Å²) in [6.45, 7) is 1.35. The number of methoxy groups -OCH3 is 1. The molecule has 1 aliphatic heterocycles. The Labute approximate surface area is 151 Å². The van der Waals surface area contributed by atoms with E-state index in [4.69, 9.17) is 9.47 Å². The number of nitrogens with zero attached hydrogens (tertiary/aromatic N) is 1. The largest absolute Gasteiger partial charge is 0.497 e. The highest BCUT2D eigenvalue weighted by molar-refractivity contribution is 5.94.